The summed E-state index contributed by atoms with van der Waals surface area (Å²) in [5.74, 6) is -0.567. The first kappa shape index (κ1) is 23.9. The zero-order chi connectivity index (χ0) is 23.3. The molecule has 1 saturated heterocycles. The van der Waals surface area contributed by atoms with Crippen molar-refractivity contribution in [2.75, 3.05) is 13.1 Å². The van der Waals surface area contributed by atoms with Crippen LogP contribution in [0.1, 0.15) is 42.6 Å². The minimum absolute atomic E-state index is 0.0199. The molecule has 32 heavy (non-hydrogen) atoms. The van der Waals surface area contributed by atoms with E-state index in [2.05, 4.69) is 10.0 Å². The average molecular weight is 458 g/mol. The molecule has 2 amide bonds. The summed E-state index contributed by atoms with van der Waals surface area (Å²) in [6.07, 6.45) is 1.25. The van der Waals surface area contributed by atoms with Crippen LogP contribution >= 0.6 is 0 Å². The molecule has 2 aromatic rings. The number of hydrogen-bond donors (Lipinski definition) is 2. The molecule has 1 atom stereocenters. The lowest BCUT2D eigenvalue weighted by atomic mass is 10.00. The standard InChI is InChI=1S/C24H31N3O4S/c1-17(2)22(26-32(30,31)21-11-9-18(3)10-12-21)24(29)27-15-13-20(14-16-27)25-23(28)19-7-5-4-6-8-19/h4-12,17,20,22,26H,13-16H2,1-3H3,(H,25,28)/t22-/m0/s1. The maximum absolute atomic E-state index is 13.2. The van der Waals surface area contributed by atoms with Crippen LogP contribution in [0.15, 0.2) is 59.5 Å². The molecule has 0 aliphatic carbocycles. The normalized spacial score (nSPS) is 16.1. The van der Waals surface area contributed by atoms with Crippen molar-refractivity contribution in [2.45, 2.75) is 50.6 Å². The van der Waals surface area contributed by atoms with Crippen LogP contribution in [0.5, 0.6) is 0 Å². The average Bonchev–Trinajstić information content (AvgIpc) is 2.78. The number of rotatable bonds is 7. The molecule has 8 heteroatoms. The van der Waals surface area contributed by atoms with E-state index >= 15 is 0 Å². The number of piperidine rings is 1. The summed E-state index contributed by atoms with van der Waals surface area (Å²) < 4.78 is 28.3. The summed E-state index contributed by atoms with van der Waals surface area (Å²) in [6.45, 7) is 6.47. The van der Waals surface area contributed by atoms with Gasteiger partial charge in [-0.15, -0.1) is 0 Å². The van der Waals surface area contributed by atoms with Crippen molar-refractivity contribution in [2.24, 2.45) is 5.92 Å². The molecule has 0 unspecified atom stereocenters. The third kappa shape index (κ3) is 5.95. The van der Waals surface area contributed by atoms with Gasteiger partial charge in [0.1, 0.15) is 6.04 Å². The van der Waals surface area contributed by atoms with E-state index in [4.69, 9.17) is 0 Å². The molecule has 172 valence electrons. The Labute approximate surface area is 190 Å². The lowest BCUT2D eigenvalue weighted by Crippen LogP contribution is -2.54. The maximum atomic E-state index is 13.2. The Bertz CT molecular complexity index is 1030. The van der Waals surface area contributed by atoms with Crippen molar-refractivity contribution in [1.29, 1.82) is 0 Å². The van der Waals surface area contributed by atoms with E-state index in [1.807, 2.05) is 39.0 Å². The number of nitrogens with one attached hydrogen (secondary N) is 2. The van der Waals surface area contributed by atoms with Crippen LogP contribution in [0.4, 0.5) is 0 Å². The second-order valence-corrected chi connectivity index (χ2v) is 10.3. The van der Waals surface area contributed by atoms with Gasteiger partial charge in [-0.05, 0) is 49.9 Å². The minimum Gasteiger partial charge on any atom is -0.349 e. The van der Waals surface area contributed by atoms with E-state index in [0.29, 0.717) is 31.5 Å². The molecule has 1 fully saturated rings. The number of carbonyl (C=O) groups excluding carboxylic acids is 2. The van der Waals surface area contributed by atoms with Gasteiger partial charge in [-0.25, -0.2) is 8.42 Å². The third-order valence-electron chi connectivity index (χ3n) is 5.72. The van der Waals surface area contributed by atoms with E-state index in [9.17, 15) is 18.0 Å². The Balaban J connectivity index is 1.60. The summed E-state index contributed by atoms with van der Waals surface area (Å²) in [7, 11) is -3.82. The van der Waals surface area contributed by atoms with Crippen LogP contribution in [0.25, 0.3) is 0 Å². The zero-order valence-corrected chi connectivity index (χ0v) is 19.6. The molecule has 3 rings (SSSR count). The Morgan fingerprint density at radius 2 is 1.56 bits per heavy atom. The predicted octanol–water partition coefficient (Wildman–Crippen LogP) is 2.72. The van der Waals surface area contributed by atoms with E-state index in [0.717, 1.165) is 5.56 Å². The molecule has 0 saturated carbocycles. The monoisotopic (exact) mass is 457 g/mol. The highest BCUT2D eigenvalue weighted by Gasteiger charge is 2.33. The van der Waals surface area contributed by atoms with Crippen LogP contribution in [-0.4, -0.2) is 50.3 Å². The number of sulfonamides is 1. The quantitative estimate of drug-likeness (QED) is 0.668. The van der Waals surface area contributed by atoms with Crippen molar-refractivity contribution in [3.05, 3.63) is 65.7 Å². The fraction of sp³-hybridized carbons (Fsp3) is 0.417. The second kappa shape index (κ2) is 10.3. The Morgan fingerprint density at radius 3 is 2.12 bits per heavy atom. The van der Waals surface area contributed by atoms with Gasteiger partial charge in [0.25, 0.3) is 5.91 Å². The molecule has 0 radical (unpaired) electrons. The first-order valence-corrected chi connectivity index (χ1v) is 12.4. The lowest BCUT2D eigenvalue weighted by molar-refractivity contribution is -0.135. The van der Waals surface area contributed by atoms with Gasteiger partial charge < -0.3 is 10.2 Å². The van der Waals surface area contributed by atoms with Crippen molar-refractivity contribution < 1.29 is 18.0 Å². The van der Waals surface area contributed by atoms with Gasteiger partial charge in [0.2, 0.25) is 15.9 Å². The highest BCUT2D eigenvalue weighted by molar-refractivity contribution is 7.89. The number of nitrogens with zero attached hydrogens (tertiary/aromatic N) is 1. The van der Waals surface area contributed by atoms with Gasteiger partial charge in [0, 0.05) is 24.7 Å². The molecule has 1 aliphatic rings. The molecular weight excluding hydrogens is 426 g/mol. The molecule has 1 aliphatic heterocycles. The van der Waals surface area contributed by atoms with E-state index in [-0.39, 0.29) is 28.7 Å². The predicted molar refractivity (Wildman–Crippen MR) is 124 cm³/mol. The van der Waals surface area contributed by atoms with Gasteiger partial charge in [-0.3, -0.25) is 9.59 Å². The summed E-state index contributed by atoms with van der Waals surface area (Å²) in [4.78, 5) is 27.4. The summed E-state index contributed by atoms with van der Waals surface area (Å²) in [5.41, 5.74) is 1.57. The number of amides is 2. The van der Waals surface area contributed by atoms with Gasteiger partial charge in [-0.1, -0.05) is 49.7 Å². The van der Waals surface area contributed by atoms with E-state index in [1.165, 1.54) is 0 Å². The lowest BCUT2D eigenvalue weighted by Gasteiger charge is -2.35. The molecule has 1 heterocycles. The van der Waals surface area contributed by atoms with Crippen LogP contribution < -0.4 is 10.0 Å². The molecule has 7 nitrogen and oxygen atoms in total. The van der Waals surface area contributed by atoms with Crippen molar-refractivity contribution in [1.82, 2.24) is 14.9 Å². The molecule has 2 aromatic carbocycles. The van der Waals surface area contributed by atoms with Crippen molar-refractivity contribution >= 4 is 21.8 Å². The third-order valence-corrected chi connectivity index (χ3v) is 7.18. The second-order valence-electron chi connectivity index (χ2n) is 8.60. The van der Waals surface area contributed by atoms with Crippen LogP contribution in [0.2, 0.25) is 0 Å². The number of carbonyl (C=O) groups is 2. The first-order chi connectivity index (χ1) is 15.2. The molecular formula is C24H31N3O4S. The Hall–Kier alpha value is -2.71. The maximum Gasteiger partial charge on any atom is 0.251 e. The molecule has 0 spiro atoms. The fourth-order valence-corrected chi connectivity index (χ4v) is 5.06. The van der Waals surface area contributed by atoms with Gasteiger partial charge in [0.15, 0.2) is 0 Å². The van der Waals surface area contributed by atoms with Crippen LogP contribution in [0, 0.1) is 12.8 Å². The Morgan fingerprint density at radius 1 is 0.969 bits per heavy atom. The Kier molecular flexibility index (Phi) is 7.69. The smallest absolute Gasteiger partial charge is 0.251 e. The van der Waals surface area contributed by atoms with Crippen molar-refractivity contribution in [3.63, 3.8) is 0 Å². The summed E-state index contributed by atoms with van der Waals surface area (Å²) >= 11 is 0. The van der Waals surface area contributed by atoms with Crippen molar-refractivity contribution in [3.8, 4) is 0 Å². The van der Waals surface area contributed by atoms with Crippen LogP contribution in [0.3, 0.4) is 0 Å². The SMILES string of the molecule is Cc1ccc(S(=O)(=O)N[C@H](C(=O)N2CCC(NC(=O)c3ccccc3)CC2)C(C)C)cc1. The fourth-order valence-electron chi connectivity index (χ4n) is 3.72. The number of likely N-dealkylation sites (tertiary alicyclic amines) is 1. The largest absolute Gasteiger partial charge is 0.349 e. The molecule has 2 N–H and O–H groups in total. The highest BCUT2D eigenvalue weighted by Crippen LogP contribution is 2.18. The van der Waals surface area contributed by atoms with E-state index < -0.39 is 16.1 Å². The number of benzene rings is 2. The zero-order valence-electron chi connectivity index (χ0n) is 18.7. The summed E-state index contributed by atoms with van der Waals surface area (Å²) in [5, 5.41) is 3.02. The topological polar surface area (TPSA) is 95.6 Å². The van der Waals surface area contributed by atoms with Gasteiger partial charge >= 0.3 is 0 Å². The van der Waals surface area contributed by atoms with Gasteiger partial charge in [0.05, 0.1) is 4.90 Å². The molecule has 0 bridgehead atoms. The number of hydrogen-bond acceptors (Lipinski definition) is 4. The highest BCUT2D eigenvalue weighted by atomic mass is 32.2. The van der Waals surface area contributed by atoms with Gasteiger partial charge in [-0.2, -0.15) is 4.72 Å². The van der Waals surface area contributed by atoms with E-state index in [1.54, 1.807) is 41.3 Å². The molecule has 0 aromatic heterocycles. The summed E-state index contributed by atoms with van der Waals surface area (Å²) in [6, 6.07) is 14.7. The first-order valence-electron chi connectivity index (χ1n) is 10.9. The number of aryl methyl sites for hydroxylation is 1. The van der Waals surface area contributed by atoms with Crippen LogP contribution in [-0.2, 0) is 14.8 Å². The minimum atomic E-state index is -3.82.